The summed E-state index contributed by atoms with van der Waals surface area (Å²) in [5.74, 6) is 0. The zero-order valence-electron chi connectivity index (χ0n) is 11.7. The molecule has 0 atom stereocenters. The predicted molar refractivity (Wildman–Crippen MR) is 79.3 cm³/mol. The van der Waals surface area contributed by atoms with Gasteiger partial charge in [0.2, 0.25) is 0 Å². The molecule has 1 aromatic carbocycles. The Morgan fingerprint density at radius 3 is 2.40 bits per heavy atom. The molecule has 1 aromatic heterocycles. The maximum atomic E-state index is 5.72. The summed E-state index contributed by atoms with van der Waals surface area (Å²) in [6.45, 7) is 5.03. The van der Waals surface area contributed by atoms with Crippen molar-refractivity contribution in [3.8, 4) is 0 Å². The third-order valence-electron chi connectivity index (χ3n) is 3.67. The molecular weight excluding hydrogens is 252 g/mol. The molecule has 0 radical (unpaired) electrons. The molecule has 6 nitrogen and oxygen atoms in total. The largest absolute Gasteiger partial charge is 0.399 e. The Bertz CT molecular complexity index is 553. The van der Waals surface area contributed by atoms with Gasteiger partial charge in [0.1, 0.15) is 0 Å². The molecule has 1 saturated heterocycles. The average Bonchev–Trinajstić information content (AvgIpc) is 2.86. The SMILES string of the molecule is Cn1cc(CN2CCN(c3ccc(N)cc3)CC2)nn1. The minimum Gasteiger partial charge on any atom is -0.399 e. The number of nitrogens with zero attached hydrogens (tertiary/aromatic N) is 5. The highest BCUT2D eigenvalue weighted by atomic mass is 15.4. The molecule has 0 aliphatic carbocycles. The van der Waals surface area contributed by atoms with Crippen molar-refractivity contribution in [3.05, 3.63) is 36.2 Å². The molecule has 1 aliphatic rings. The lowest BCUT2D eigenvalue weighted by atomic mass is 10.2. The number of anilines is 2. The lowest BCUT2D eigenvalue weighted by Crippen LogP contribution is -2.46. The van der Waals surface area contributed by atoms with Crippen LogP contribution in [0.3, 0.4) is 0 Å². The number of nitrogen functional groups attached to an aromatic ring is 1. The summed E-state index contributed by atoms with van der Waals surface area (Å²) in [7, 11) is 1.90. The number of aromatic nitrogens is 3. The van der Waals surface area contributed by atoms with E-state index in [0.717, 1.165) is 44.1 Å². The van der Waals surface area contributed by atoms with Gasteiger partial charge in [0, 0.05) is 57.3 Å². The van der Waals surface area contributed by atoms with Crippen molar-refractivity contribution in [2.75, 3.05) is 36.8 Å². The van der Waals surface area contributed by atoms with E-state index in [1.165, 1.54) is 5.69 Å². The normalized spacial score (nSPS) is 16.6. The Morgan fingerprint density at radius 1 is 1.10 bits per heavy atom. The van der Waals surface area contributed by atoms with Crippen molar-refractivity contribution in [1.82, 2.24) is 19.9 Å². The second-order valence-electron chi connectivity index (χ2n) is 5.24. The molecule has 0 saturated carbocycles. The van der Waals surface area contributed by atoms with Gasteiger partial charge in [-0.1, -0.05) is 5.21 Å². The van der Waals surface area contributed by atoms with Crippen LogP contribution in [0.25, 0.3) is 0 Å². The van der Waals surface area contributed by atoms with E-state index in [4.69, 9.17) is 5.73 Å². The van der Waals surface area contributed by atoms with Crippen LogP contribution < -0.4 is 10.6 Å². The first kappa shape index (κ1) is 12.9. The van der Waals surface area contributed by atoms with Gasteiger partial charge in [0.05, 0.1) is 5.69 Å². The van der Waals surface area contributed by atoms with Crippen LogP contribution >= 0.6 is 0 Å². The second kappa shape index (κ2) is 5.50. The lowest BCUT2D eigenvalue weighted by Gasteiger charge is -2.35. The number of hydrogen-bond acceptors (Lipinski definition) is 5. The zero-order chi connectivity index (χ0) is 13.9. The minimum atomic E-state index is 0.815. The van der Waals surface area contributed by atoms with E-state index < -0.39 is 0 Å². The Kier molecular flexibility index (Phi) is 3.56. The number of aryl methyl sites for hydroxylation is 1. The summed E-state index contributed by atoms with van der Waals surface area (Å²) >= 11 is 0. The standard InChI is InChI=1S/C14H20N6/c1-18-10-13(16-17-18)11-19-6-8-20(9-7-19)14-4-2-12(15)3-5-14/h2-5,10H,6-9,11,15H2,1H3. The first-order chi connectivity index (χ1) is 9.70. The van der Waals surface area contributed by atoms with Crippen molar-refractivity contribution < 1.29 is 0 Å². The van der Waals surface area contributed by atoms with Crippen LogP contribution in [0.2, 0.25) is 0 Å². The zero-order valence-corrected chi connectivity index (χ0v) is 11.7. The molecule has 2 heterocycles. The number of rotatable bonds is 3. The number of piperazine rings is 1. The van der Waals surface area contributed by atoms with Gasteiger partial charge >= 0.3 is 0 Å². The molecule has 20 heavy (non-hydrogen) atoms. The molecule has 106 valence electrons. The van der Waals surface area contributed by atoms with Gasteiger partial charge in [-0.15, -0.1) is 5.10 Å². The van der Waals surface area contributed by atoms with E-state index in [2.05, 4.69) is 32.2 Å². The summed E-state index contributed by atoms with van der Waals surface area (Å²) < 4.78 is 1.75. The van der Waals surface area contributed by atoms with E-state index in [0.29, 0.717) is 0 Å². The average molecular weight is 272 g/mol. The first-order valence-corrected chi connectivity index (χ1v) is 6.89. The molecule has 1 aliphatic heterocycles. The first-order valence-electron chi connectivity index (χ1n) is 6.89. The van der Waals surface area contributed by atoms with Crippen LogP contribution in [0.1, 0.15) is 5.69 Å². The third-order valence-corrected chi connectivity index (χ3v) is 3.67. The highest BCUT2D eigenvalue weighted by molar-refractivity contribution is 5.53. The molecule has 1 fully saturated rings. The fourth-order valence-electron chi connectivity index (χ4n) is 2.55. The van der Waals surface area contributed by atoms with Gasteiger partial charge < -0.3 is 10.6 Å². The van der Waals surface area contributed by atoms with Crippen LogP contribution in [0.15, 0.2) is 30.5 Å². The van der Waals surface area contributed by atoms with Crippen molar-refractivity contribution in [2.24, 2.45) is 7.05 Å². The van der Waals surface area contributed by atoms with Crippen LogP contribution in [-0.2, 0) is 13.6 Å². The Hall–Kier alpha value is -2.08. The molecule has 6 heteroatoms. The Balaban J connectivity index is 1.55. The van der Waals surface area contributed by atoms with Gasteiger partial charge in [0.25, 0.3) is 0 Å². The molecule has 0 spiro atoms. The number of nitrogens with two attached hydrogens (primary N) is 1. The van der Waals surface area contributed by atoms with E-state index >= 15 is 0 Å². The quantitative estimate of drug-likeness (QED) is 0.834. The van der Waals surface area contributed by atoms with Crippen LogP contribution in [0.4, 0.5) is 11.4 Å². The van der Waals surface area contributed by atoms with Crippen LogP contribution in [-0.4, -0.2) is 46.1 Å². The summed E-state index contributed by atoms with van der Waals surface area (Å²) in [6.07, 6.45) is 1.98. The Morgan fingerprint density at radius 2 is 1.80 bits per heavy atom. The van der Waals surface area contributed by atoms with E-state index in [1.807, 2.05) is 25.4 Å². The molecular formula is C14H20N6. The topological polar surface area (TPSA) is 63.2 Å². The monoisotopic (exact) mass is 272 g/mol. The second-order valence-corrected chi connectivity index (χ2v) is 5.24. The van der Waals surface area contributed by atoms with E-state index in [-0.39, 0.29) is 0 Å². The maximum absolute atomic E-state index is 5.72. The lowest BCUT2D eigenvalue weighted by molar-refractivity contribution is 0.247. The van der Waals surface area contributed by atoms with Gasteiger partial charge in [0.15, 0.2) is 0 Å². The maximum Gasteiger partial charge on any atom is 0.0967 e. The summed E-state index contributed by atoms with van der Waals surface area (Å²) in [4.78, 5) is 4.81. The van der Waals surface area contributed by atoms with Crippen molar-refractivity contribution in [2.45, 2.75) is 6.54 Å². The molecule has 2 aromatic rings. The number of benzene rings is 1. The highest BCUT2D eigenvalue weighted by Crippen LogP contribution is 2.18. The molecule has 3 rings (SSSR count). The van der Waals surface area contributed by atoms with E-state index in [9.17, 15) is 0 Å². The van der Waals surface area contributed by atoms with Crippen LogP contribution in [0.5, 0.6) is 0 Å². The fourth-order valence-corrected chi connectivity index (χ4v) is 2.55. The van der Waals surface area contributed by atoms with Gasteiger partial charge in [-0.2, -0.15) is 0 Å². The third kappa shape index (κ3) is 2.91. The van der Waals surface area contributed by atoms with E-state index in [1.54, 1.807) is 4.68 Å². The van der Waals surface area contributed by atoms with Crippen molar-refractivity contribution in [1.29, 1.82) is 0 Å². The predicted octanol–water partition coefficient (Wildman–Crippen LogP) is 0.719. The molecule has 2 N–H and O–H groups in total. The summed E-state index contributed by atoms with van der Waals surface area (Å²) in [6, 6.07) is 8.10. The van der Waals surface area contributed by atoms with Gasteiger partial charge in [-0.05, 0) is 24.3 Å². The van der Waals surface area contributed by atoms with Crippen LogP contribution in [0, 0.1) is 0 Å². The smallest absolute Gasteiger partial charge is 0.0967 e. The number of hydrogen-bond donors (Lipinski definition) is 1. The summed E-state index contributed by atoms with van der Waals surface area (Å²) in [5.41, 5.74) is 8.82. The molecule has 0 amide bonds. The van der Waals surface area contributed by atoms with Gasteiger partial charge in [-0.25, -0.2) is 0 Å². The van der Waals surface area contributed by atoms with Crippen molar-refractivity contribution >= 4 is 11.4 Å². The summed E-state index contributed by atoms with van der Waals surface area (Å²) in [5, 5.41) is 8.11. The molecule has 0 bridgehead atoms. The molecule has 0 unspecified atom stereocenters. The fraction of sp³-hybridized carbons (Fsp3) is 0.429. The van der Waals surface area contributed by atoms with Crippen molar-refractivity contribution in [3.63, 3.8) is 0 Å². The Labute approximate surface area is 118 Å². The highest BCUT2D eigenvalue weighted by Gasteiger charge is 2.18. The minimum absolute atomic E-state index is 0.815. The van der Waals surface area contributed by atoms with Gasteiger partial charge in [-0.3, -0.25) is 9.58 Å².